The highest BCUT2D eigenvalue weighted by atomic mass is 35.5. The number of imidazole rings is 1. The molecule has 0 saturated carbocycles. The molecular weight excluding hydrogens is 434 g/mol. The Bertz CT molecular complexity index is 1290. The summed E-state index contributed by atoms with van der Waals surface area (Å²) in [4.78, 5) is 19.7. The van der Waals surface area contributed by atoms with E-state index in [1.165, 1.54) is 0 Å². The van der Waals surface area contributed by atoms with Crippen molar-refractivity contribution in [1.29, 1.82) is 0 Å². The lowest BCUT2D eigenvalue weighted by Crippen LogP contribution is -2.24. The number of aromatic nitrogens is 2. The van der Waals surface area contributed by atoms with Gasteiger partial charge in [-0.1, -0.05) is 54.1 Å². The first kappa shape index (κ1) is 21.5. The fourth-order valence-corrected chi connectivity index (χ4v) is 4.62. The van der Waals surface area contributed by atoms with E-state index in [1.807, 2.05) is 66.4 Å². The minimum absolute atomic E-state index is 0.0615. The third-order valence-electron chi connectivity index (χ3n) is 6.19. The summed E-state index contributed by atoms with van der Waals surface area (Å²) in [5, 5.41) is 0.733. The average Bonchev–Trinajstić information content (AvgIpc) is 3.37. The van der Waals surface area contributed by atoms with Gasteiger partial charge in [0.1, 0.15) is 18.2 Å². The molecular formula is C27H26ClN3O2. The maximum atomic E-state index is 12.8. The summed E-state index contributed by atoms with van der Waals surface area (Å²) in [6.07, 6.45) is 0.480. The fraction of sp³-hybridized carbons (Fsp3) is 0.259. The lowest BCUT2D eigenvalue weighted by molar-refractivity contribution is -0.128. The van der Waals surface area contributed by atoms with E-state index >= 15 is 0 Å². The van der Waals surface area contributed by atoms with Crippen molar-refractivity contribution >= 4 is 28.5 Å². The summed E-state index contributed by atoms with van der Waals surface area (Å²) in [7, 11) is 0. The highest BCUT2D eigenvalue weighted by Crippen LogP contribution is 2.31. The topological polar surface area (TPSA) is 47.4 Å². The Kier molecular flexibility index (Phi) is 6.05. The lowest BCUT2D eigenvalue weighted by Gasteiger charge is -2.17. The minimum Gasteiger partial charge on any atom is -0.492 e. The van der Waals surface area contributed by atoms with Crippen LogP contribution < -0.4 is 4.74 Å². The van der Waals surface area contributed by atoms with Gasteiger partial charge < -0.3 is 14.2 Å². The third kappa shape index (κ3) is 4.60. The van der Waals surface area contributed by atoms with Gasteiger partial charge >= 0.3 is 0 Å². The molecule has 0 radical (unpaired) electrons. The largest absolute Gasteiger partial charge is 0.492 e. The van der Waals surface area contributed by atoms with Crippen molar-refractivity contribution in [1.82, 2.24) is 14.5 Å². The number of benzene rings is 3. The maximum Gasteiger partial charge on any atom is 0.223 e. The van der Waals surface area contributed by atoms with E-state index in [0.29, 0.717) is 32.7 Å². The van der Waals surface area contributed by atoms with Crippen LogP contribution in [0, 0.1) is 6.92 Å². The summed E-state index contributed by atoms with van der Waals surface area (Å²) in [5.74, 6) is 1.99. The molecule has 1 atom stereocenters. The molecule has 1 aliphatic rings. The summed E-state index contributed by atoms with van der Waals surface area (Å²) < 4.78 is 8.23. The van der Waals surface area contributed by atoms with E-state index in [4.69, 9.17) is 21.3 Å². The lowest BCUT2D eigenvalue weighted by atomic mass is 10.1. The van der Waals surface area contributed by atoms with Crippen molar-refractivity contribution < 1.29 is 9.53 Å². The number of fused-ring (bicyclic) bond motifs is 1. The highest BCUT2D eigenvalue weighted by molar-refractivity contribution is 6.31. The van der Waals surface area contributed by atoms with Gasteiger partial charge in [0.2, 0.25) is 5.91 Å². The molecule has 0 bridgehead atoms. The molecule has 0 spiro atoms. The number of hydrogen-bond acceptors (Lipinski definition) is 3. The monoisotopic (exact) mass is 459 g/mol. The molecule has 0 unspecified atom stereocenters. The van der Waals surface area contributed by atoms with Crippen molar-refractivity contribution in [2.75, 3.05) is 13.2 Å². The van der Waals surface area contributed by atoms with Crippen LogP contribution >= 0.6 is 11.6 Å². The van der Waals surface area contributed by atoms with Gasteiger partial charge in [0, 0.05) is 30.5 Å². The van der Waals surface area contributed by atoms with Crippen LogP contribution in [0.4, 0.5) is 0 Å². The molecule has 2 heterocycles. The van der Waals surface area contributed by atoms with Gasteiger partial charge in [0.25, 0.3) is 0 Å². The predicted molar refractivity (Wildman–Crippen MR) is 131 cm³/mol. The number of nitrogens with zero attached hydrogens (tertiary/aromatic N) is 3. The van der Waals surface area contributed by atoms with E-state index in [0.717, 1.165) is 38.8 Å². The van der Waals surface area contributed by atoms with Gasteiger partial charge in [-0.05, 0) is 48.4 Å². The molecule has 4 aromatic rings. The quantitative estimate of drug-likeness (QED) is 0.361. The Hall–Kier alpha value is -3.31. The van der Waals surface area contributed by atoms with E-state index in [-0.39, 0.29) is 11.8 Å². The van der Waals surface area contributed by atoms with Crippen LogP contribution in [0.15, 0.2) is 72.8 Å². The Balaban J connectivity index is 1.35. The molecule has 6 heteroatoms. The zero-order valence-electron chi connectivity index (χ0n) is 18.6. The highest BCUT2D eigenvalue weighted by Gasteiger charge is 2.34. The summed E-state index contributed by atoms with van der Waals surface area (Å²) in [6.45, 7) is 4.43. The molecule has 1 aliphatic heterocycles. The van der Waals surface area contributed by atoms with Crippen LogP contribution in [0.1, 0.15) is 29.3 Å². The molecule has 5 rings (SSSR count). The standard InChI is InChI=1S/C27H26ClN3O2/c1-19-15-22(11-12-23(19)28)33-14-13-31-25-10-6-5-9-24(25)29-27(31)21-16-26(32)30(18-21)17-20-7-3-2-4-8-20/h2-12,15,21H,13-14,16-18H2,1H3/t21-/m1/s1. The zero-order valence-corrected chi connectivity index (χ0v) is 19.3. The number of likely N-dealkylation sites (tertiary alicyclic amines) is 1. The first-order chi connectivity index (χ1) is 16.1. The number of carbonyl (C=O) groups is 1. The number of hydrogen-bond donors (Lipinski definition) is 0. The van der Waals surface area contributed by atoms with Gasteiger partial charge in [-0.15, -0.1) is 0 Å². The van der Waals surface area contributed by atoms with Crippen LogP contribution in [-0.4, -0.2) is 33.5 Å². The van der Waals surface area contributed by atoms with Crippen molar-refractivity contribution in [2.24, 2.45) is 0 Å². The number of halogens is 1. The van der Waals surface area contributed by atoms with Crippen LogP contribution in [0.25, 0.3) is 11.0 Å². The van der Waals surface area contributed by atoms with Crippen molar-refractivity contribution in [3.05, 3.63) is 94.8 Å². The normalized spacial score (nSPS) is 16.0. The van der Waals surface area contributed by atoms with Gasteiger partial charge in [0.05, 0.1) is 17.6 Å². The van der Waals surface area contributed by atoms with E-state index in [9.17, 15) is 4.79 Å². The zero-order chi connectivity index (χ0) is 22.8. The second-order valence-electron chi connectivity index (χ2n) is 8.53. The fourth-order valence-electron chi connectivity index (χ4n) is 4.50. The average molecular weight is 460 g/mol. The van der Waals surface area contributed by atoms with Gasteiger partial charge in [-0.3, -0.25) is 4.79 Å². The second kappa shape index (κ2) is 9.28. The first-order valence-electron chi connectivity index (χ1n) is 11.2. The SMILES string of the molecule is Cc1cc(OCCn2c([C@@H]3CC(=O)N(Cc4ccccc4)C3)nc3ccccc32)ccc1Cl. The first-order valence-corrected chi connectivity index (χ1v) is 11.6. The molecule has 1 amide bonds. The number of para-hydroxylation sites is 2. The molecule has 0 aliphatic carbocycles. The van der Waals surface area contributed by atoms with E-state index in [2.05, 4.69) is 22.8 Å². The van der Waals surface area contributed by atoms with Gasteiger partial charge in [-0.2, -0.15) is 0 Å². The van der Waals surface area contributed by atoms with Crippen LogP contribution in [0.5, 0.6) is 5.75 Å². The van der Waals surface area contributed by atoms with E-state index < -0.39 is 0 Å². The summed E-state index contributed by atoms with van der Waals surface area (Å²) >= 11 is 6.13. The van der Waals surface area contributed by atoms with Crippen molar-refractivity contribution in [3.63, 3.8) is 0 Å². The number of amides is 1. The number of aryl methyl sites for hydroxylation is 1. The molecule has 1 fully saturated rings. The van der Waals surface area contributed by atoms with Gasteiger partial charge in [-0.25, -0.2) is 4.98 Å². The smallest absolute Gasteiger partial charge is 0.223 e. The van der Waals surface area contributed by atoms with Crippen molar-refractivity contribution in [2.45, 2.75) is 32.4 Å². The molecule has 1 saturated heterocycles. The number of ether oxygens (including phenoxy) is 1. The Morgan fingerprint density at radius 2 is 1.85 bits per heavy atom. The third-order valence-corrected chi connectivity index (χ3v) is 6.62. The molecule has 1 aromatic heterocycles. The molecule has 3 aromatic carbocycles. The number of carbonyl (C=O) groups excluding carboxylic acids is 1. The Morgan fingerprint density at radius 3 is 2.67 bits per heavy atom. The van der Waals surface area contributed by atoms with Gasteiger partial charge in [0.15, 0.2) is 0 Å². The Labute approximate surface area is 198 Å². The summed E-state index contributed by atoms with van der Waals surface area (Å²) in [5.41, 5.74) is 4.15. The van der Waals surface area contributed by atoms with Crippen LogP contribution in [-0.2, 0) is 17.9 Å². The van der Waals surface area contributed by atoms with Crippen molar-refractivity contribution in [3.8, 4) is 5.75 Å². The molecule has 168 valence electrons. The molecule has 0 N–H and O–H groups in total. The maximum absolute atomic E-state index is 12.8. The molecule has 33 heavy (non-hydrogen) atoms. The van der Waals surface area contributed by atoms with E-state index in [1.54, 1.807) is 0 Å². The second-order valence-corrected chi connectivity index (χ2v) is 8.94. The summed E-state index contributed by atoms with van der Waals surface area (Å²) in [6, 6.07) is 24.0. The Morgan fingerprint density at radius 1 is 1.06 bits per heavy atom. The minimum atomic E-state index is 0.0615. The predicted octanol–water partition coefficient (Wildman–Crippen LogP) is 5.59. The van der Waals surface area contributed by atoms with Crippen LogP contribution in [0.3, 0.4) is 0 Å². The van der Waals surface area contributed by atoms with Crippen LogP contribution in [0.2, 0.25) is 5.02 Å². The number of rotatable bonds is 7. The molecule has 5 nitrogen and oxygen atoms in total.